The molecule has 402 valence electrons. The van der Waals surface area contributed by atoms with Crippen molar-refractivity contribution in [2.45, 2.75) is 121 Å². The number of esters is 1. The number of nitrogens with one attached hydrogen (secondary N) is 3. The summed E-state index contributed by atoms with van der Waals surface area (Å²) in [5.41, 5.74) is 2.08. The number of amides is 5. The molecule has 5 heterocycles. The van der Waals surface area contributed by atoms with E-state index in [1.807, 2.05) is 6.07 Å². The van der Waals surface area contributed by atoms with Gasteiger partial charge in [-0.1, -0.05) is 37.3 Å². The third-order valence-electron chi connectivity index (χ3n) is 14.8. The first-order valence-electron chi connectivity index (χ1n) is 25.6. The van der Waals surface area contributed by atoms with Gasteiger partial charge in [0.15, 0.2) is 17.2 Å². The molecule has 21 heteroatoms. The number of likely N-dealkylation sites (tertiary alicyclic amines) is 1. The maximum absolute atomic E-state index is 15.4. The van der Waals surface area contributed by atoms with Crippen LogP contribution in [0.1, 0.15) is 116 Å². The first kappa shape index (κ1) is 55.3. The van der Waals surface area contributed by atoms with Crippen molar-refractivity contribution in [2.75, 3.05) is 39.1 Å². The molecule has 0 bridgehead atoms. The van der Waals surface area contributed by atoms with Crippen LogP contribution >= 0.6 is 11.8 Å². The number of nitrogens with zero attached hydrogens (tertiary/aromatic N) is 3. The summed E-state index contributed by atoms with van der Waals surface area (Å²) in [5, 5.41) is 19.8. The molecule has 0 saturated carbocycles. The fourth-order valence-corrected chi connectivity index (χ4v) is 11.2. The molecule has 2 aromatic heterocycles. The minimum atomic E-state index is -2.04. The van der Waals surface area contributed by atoms with E-state index < -0.39 is 70.8 Å². The lowest BCUT2D eigenvalue weighted by Gasteiger charge is -2.31. The van der Waals surface area contributed by atoms with E-state index in [0.29, 0.717) is 64.7 Å². The first-order chi connectivity index (χ1) is 36.4. The van der Waals surface area contributed by atoms with Gasteiger partial charge in [-0.3, -0.25) is 48.1 Å². The summed E-state index contributed by atoms with van der Waals surface area (Å²) in [6.45, 7) is 1.99. The number of ketones is 3. The van der Waals surface area contributed by atoms with Gasteiger partial charge in [0, 0.05) is 73.6 Å². The van der Waals surface area contributed by atoms with Gasteiger partial charge in [0.1, 0.15) is 24.8 Å². The lowest BCUT2D eigenvalue weighted by atomic mass is 9.81. The van der Waals surface area contributed by atoms with Crippen molar-refractivity contribution in [3.8, 4) is 11.4 Å². The number of fused-ring (bicyclic) bond motifs is 5. The van der Waals surface area contributed by atoms with Crippen LogP contribution in [-0.2, 0) is 84.2 Å². The Morgan fingerprint density at radius 3 is 2.43 bits per heavy atom. The van der Waals surface area contributed by atoms with Gasteiger partial charge in [-0.15, -0.1) is 0 Å². The van der Waals surface area contributed by atoms with Crippen LogP contribution in [0.5, 0.6) is 0 Å². The van der Waals surface area contributed by atoms with Crippen molar-refractivity contribution in [3.63, 3.8) is 0 Å². The van der Waals surface area contributed by atoms with E-state index >= 15 is 4.39 Å². The van der Waals surface area contributed by atoms with Gasteiger partial charge >= 0.3 is 5.97 Å². The van der Waals surface area contributed by atoms with Gasteiger partial charge in [0.05, 0.1) is 60.0 Å². The summed E-state index contributed by atoms with van der Waals surface area (Å²) >= 11 is 1.34. The second kappa shape index (κ2) is 23.9. The van der Waals surface area contributed by atoms with Gasteiger partial charge in [-0.2, -0.15) is 11.8 Å². The SMILES string of the molecule is CC[C@@]1(O)C(=O)OCc2c1cc1n(c2=O)Cc2c-1nc1cc(F)c(C)c3c1c2[C@@H](NC(=O)COCCC(=O)CNC(=O)[C@@H](CC(=O)CNC(=O)CCC(=O)CCCCN1C(=O)CC(SC)C1=O)Cc1ccccc1)CC3. The van der Waals surface area contributed by atoms with Crippen LogP contribution in [0, 0.1) is 18.7 Å². The number of carbonyl (C=O) groups excluding carboxylic acids is 9. The number of hydrogen-bond acceptors (Lipinski definition) is 15. The molecule has 4 N–H and O–H groups in total. The number of carbonyl (C=O) groups is 9. The smallest absolute Gasteiger partial charge is 0.343 e. The van der Waals surface area contributed by atoms with Crippen LogP contribution in [0.2, 0.25) is 0 Å². The summed E-state index contributed by atoms with van der Waals surface area (Å²) in [6.07, 6.45) is 3.44. The fraction of sp³-hybridized carbons (Fsp3) is 0.473. The Morgan fingerprint density at radius 2 is 1.70 bits per heavy atom. The van der Waals surface area contributed by atoms with Crippen molar-refractivity contribution >= 4 is 75.5 Å². The van der Waals surface area contributed by atoms with E-state index in [0.717, 1.165) is 11.1 Å². The number of benzene rings is 2. The van der Waals surface area contributed by atoms with E-state index in [1.54, 1.807) is 50.4 Å². The number of aryl methyl sites for hydroxylation is 1. The predicted octanol–water partition coefficient (Wildman–Crippen LogP) is 3.67. The Kier molecular flexibility index (Phi) is 17.4. The highest BCUT2D eigenvalue weighted by atomic mass is 32.2. The second-order valence-electron chi connectivity index (χ2n) is 19.7. The van der Waals surface area contributed by atoms with Crippen LogP contribution in [0.4, 0.5) is 4.39 Å². The molecule has 1 saturated heterocycles. The molecule has 8 rings (SSSR count). The van der Waals surface area contributed by atoms with Crippen LogP contribution < -0.4 is 21.5 Å². The Bertz CT molecular complexity index is 3090. The highest BCUT2D eigenvalue weighted by Crippen LogP contribution is 2.46. The number of aliphatic hydroxyl groups is 1. The largest absolute Gasteiger partial charge is 0.458 e. The van der Waals surface area contributed by atoms with E-state index in [1.165, 1.54) is 27.3 Å². The highest BCUT2D eigenvalue weighted by molar-refractivity contribution is 8.00. The van der Waals surface area contributed by atoms with E-state index in [2.05, 4.69) is 16.0 Å². The molecular weight excluding hydrogens is 1000 g/mol. The number of hydrogen-bond donors (Lipinski definition) is 4. The van der Waals surface area contributed by atoms with Gasteiger partial charge in [0.25, 0.3) is 5.56 Å². The average molecular weight is 1070 g/mol. The Hall–Kier alpha value is -6.97. The fourth-order valence-electron chi connectivity index (χ4n) is 10.5. The van der Waals surface area contributed by atoms with Crippen LogP contribution in [0.15, 0.2) is 47.3 Å². The van der Waals surface area contributed by atoms with Gasteiger partial charge < -0.3 is 35.1 Å². The number of halogens is 1. The van der Waals surface area contributed by atoms with Crippen molar-refractivity contribution in [3.05, 3.63) is 97.6 Å². The lowest BCUT2D eigenvalue weighted by Crippen LogP contribution is -2.44. The molecule has 0 spiro atoms. The quantitative estimate of drug-likeness (QED) is 0.0369. The average Bonchev–Trinajstić information content (AvgIpc) is 3.98. The third kappa shape index (κ3) is 11.9. The summed E-state index contributed by atoms with van der Waals surface area (Å²) in [5.74, 6) is -5.16. The number of thioether (sulfide) groups is 1. The van der Waals surface area contributed by atoms with Gasteiger partial charge in [-0.25, -0.2) is 14.2 Å². The zero-order chi connectivity index (χ0) is 54.4. The molecule has 19 nitrogen and oxygen atoms in total. The Morgan fingerprint density at radius 1 is 0.934 bits per heavy atom. The lowest BCUT2D eigenvalue weighted by molar-refractivity contribution is -0.172. The normalized spacial score (nSPS) is 18.6. The predicted molar refractivity (Wildman–Crippen MR) is 275 cm³/mol. The van der Waals surface area contributed by atoms with Crippen molar-refractivity contribution in [1.82, 2.24) is 30.4 Å². The van der Waals surface area contributed by atoms with E-state index in [4.69, 9.17) is 14.5 Å². The Labute approximate surface area is 441 Å². The number of imide groups is 1. The zero-order valence-electron chi connectivity index (χ0n) is 42.7. The molecule has 0 radical (unpaired) electrons. The van der Waals surface area contributed by atoms with Crippen molar-refractivity contribution < 1.29 is 62.1 Å². The zero-order valence-corrected chi connectivity index (χ0v) is 43.5. The molecule has 76 heavy (non-hydrogen) atoms. The number of rotatable bonds is 25. The molecule has 5 amide bonds. The minimum Gasteiger partial charge on any atom is -0.458 e. The van der Waals surface area contributed by atoms with Crippen molar-refractivity contribution in [1.29, 1.82) is 0 Å². The number of pyridine rings is 2. The molecule has 4 aromatic rings. The number of Topliss-reactive ketones (excluding diaryl/α,β-unsaturated/α-hetero) is 3. The number of unbranched alkanes of at least 4 members (excludes halogenated alkanes) is 1. The minimum absolute atomic E-state index is 0.0425. The van der Waals surface area contributed by atoms with E-state index in [-0.39, 0.29) is 125 Å². The summed E-state index contributed by atoms with van der Waals surface area (Å²) < 4.78 is 27.7. The maximum Gasteiger partial charge on any atom is 0.343 e. The number of cyclic esters (lactones) is 1. The molecule has 2 aromatic carbocycles. The molecule has 4 aliphatic rings. The molecule has 1 fully saturated rings. The van der Waals surface area contributed by atoms with Gasteiger partial charge in [-0.05, 0) is 80.0 Å². The molecule has 4 atom stereocenters. The second-order valence-corrected chi connectivity index (χ2v) is 20.8. The van der Waals surface area contributed by atoms with Crippen LogP contribution in [0.3, 0.4) is 0 Å². The topological polar surface area (TPSA) is 267 Å². The molecular formula is C55H61FN6O13S. The summed E-state index contributed by atoms with van der Waals surface area (Å²) in [7, 11) is 0. The van der Waals surface area contributed by atoms with E-state index in [9.17, 15) is 53.1 Å². The Balaban J connectivity index is 0.805. The third-order valence-corrected chi connectivity index (χ3v) is 15.7. The molecule has 1 unspecified atom stereocenters. The number of ether oxygens (including phenoxy) is 2. The monoisotopic (exact) mass is 1060 g/mol. The van der Waals surface area contributed by atoms with Gasteiger partial charge in [0.2, 0.25) is 29.5 Å². The standard InChI is InChI=1S/C55H61FN6O13S/c1-4-55(73)39-22-43-50-37(27-62(43)52(70)38(39)28-75-54(55)72)49-41(15-14-36-30(2)40(56)23-42(60-50)48(36)49)59-46(67)29-74-19-17-34(64)25-58-51(69)32(20-31-10-6-5-7-11-31)21-35(65)26-57-45(66)16-13-33(63)12-8-9-18-61-47(68)24-44(76-3)53(61)71/h5-7,10-11,22-23,32,41,44,73H,4,8-9,12-21,24-29H2,1-3H3,(H,57,66)(H,58,69)(H,59,67)/t32-,41+,44?,55+/m1/s1. The summed E-state index contributed by atoms with van der Waals surface area (Å²) in [6, 6.07) is 11.3. The number of aromatic nitrogens is 2. The van der Waals surface area contributed by atoms with Crippen LogP contribution in [0.25, 0.3) is 22.3 Å². The first-order valence-corrected chi connectivity index (χ1v) is 26.9. The molecule has 1 aliphatic carbocycles. The van der Waals surface area contributed by atoms with Crippen LogP contribution in [-0.4, -0.2) is 117 Å². The molecule has 3 aliphatic heterocycles. The highest BCUT2D eigenvalue weighted by Gasteiger charge is 2.46. The van der Waals surface area contributed by atoms with Crippen molar-refractivity contribution in [2.24, 2.45) is 5.92 Å². The summed E-state index contributed by atoms with van der Waals surface area (Å²) in [4.78, 5) is 135. The maximum atomic E-state index is 15.4.